The van der Waals surface area contributed by atoms with E-state index in [0.717, 1.165) is 30.4 Å². The molecule has 1 aliphatic carbocycles. The normalized spacial score (nSPS) is 19.0. The monoisotopic (exact) mass is 314 g/mol. The highest BCUT2D eigenvalue weighted by atomic mass is 32.1. The highest BCUT2D eigenvalue weighted by Crippen LogP contribution is 2.40. The summed E-state index contributed by atoms with van der Waals surface area (Å²) in [4.78, 5) is 19.6. The van der Waals surface area contributed by atoms with Crippen molar-refractivity contribution in [2.24, 2.45) is 5.41 Å². The molecule has 22 heavy (non-hydrogen) atoms. The number of hydrogen-bond donors (Lipinski definition) is 0. The third-order valence-electron chi connectivity index (χ3n) is 3.77. The van der Waals surface area contributed by atoms with Gasteiger partial charge in [0.15, 0.2) is 5.01 Å². The first-order valence-electron chi connectivity index (χ1n) is 7.05. The third kappa shape index (κ3) is 3.07. The Hall–Kier alpha value is -2.06. The summed E-state index contributed by atoms with van der Waals surface area (Å²) in [5, 5.41) is 1.75. The molecule has 0 aliphatic heterocycles. The van der Waals surface area contributed by atoms with Gasteiger partial charge in [-0.3, -0.25) is 0 Å². The van der Waals surface area contributed by atoms with E-state index in [9.17, 15) is 9.18 Å². The van der Waals surface area contributed by atoms with Gasteiger partial charge < -0.3 is 4.79 Å². The fourth-order valence-electron chi connectivity index (χ4n) is 2.84. The van der Waals surface area contributed by atoms with Gasteiger partial charge in [-0.05, 0) is 41.7 Å². The number of fused-ring (bicyclic) bond motifs is 1. The van der Waals surface area contributed by atoms with Gasteiger partial charge in [-0.1, -0.05) is 19.9 Å². The molecule has 0 saturated heterocycles. The van der Waals surface area contributed by atoms with Crippen LogP contribution in [-0.2, 0) is 11.2 Å². The lowest BCUT2D eigenvalue weighted by atomic mass is 9.71. The molecule has 1 unspecified atom stereocenters. The van der Waals surface area contributed by atoms with Crippen LogP contribution >= 0.6 is 11.3 Å². The van der Waals surface area contributed by atoms with E-state index in [1.165, 1.54) is 16.7 Å². The van der Waals surface area contributed by atoms with Crippen LogP contribution in [0.2, 0.25) is 0 Å². The van der Waals surface area contributed by atoms with Crippen molar-refractivity contribution in [3.8, 4) is 11.8 Å². The molecule has 3 nitrogen and oxygen atoms in total. The summed E-state index contributed by atoms with van der Waals surface area (Å²) in [5.41, 5.74) is 2.61. The molecule has 0 fully saturated rings. The topological polar surface area (TPSA) is 42.9 Å². The van der Waals surface area contributed by atoms with Crippen LogP contribution in [0.5, 0.6) is 0 Å². The maximum Gasteiger partial charge on any atom is 0.224 e. The number of rotatable bonds is 1. The van der Waals surface area contributed by atoms with Crippen molar-refractivity contribution in [2.75, 3.05) is 0 Å². The van der Waals surface area contributed by atoms with E-state index < -0.39 is 5.95 Å². The summed E-state index contributed by atoms with van der Waals surface area (Å²) in [6, 6.07) is 3.74. The van der Waals surface area contributed by atoms with Crippen LogP contribution in [0.4, 0.5) is 4.39 Å². The molecule has 0 aromatic carbocycles. The molecule has 5 heteroatoms. The molecule has 0 spiro atoms. The van der Waals surface area contributed by atoms with Gasteiger partial charge in [-0.2, -0.15) is 9.37 Å². The molecule has 0 N–H and O–H groups in total. The number of thiazole rings is 1. The Bertz CT molecular complexity index is 785. The summed E-state index contributed by atoms with van der Waals surface area (Å²) in [6.07, 6.45) is 2.67. The van der Waals surface area contributed by atoms with Crippen LogP contribution in [0, 0.1) is 23.2 Å². The molecule has 0 saturated carbocycles. The number of nitrogens with zero attached hydrogens (tertiary/aromatic N) is 2. The Morgan fingerprint density at radius 1 is 1.36 bits per heavy atom. The number of pyridine rings is 1. The van der Waals surface area contributed by atoms with E-state index in [4.69, 9.17) is 0 Å². The van der Waals surface area contributed by atoms with Gasteiger partial charge in [0.1, 0.15) is 12.0 Å². The minimum Gasteiger partial charge on any atom is -0.303 e. The van der Waals surface area contributed by atoms with Gasteiger partial charge in [0, 0.05) is 17.0 Å². The first-order chi connectivity index (χ1) is 10.5. The second kappa shape index (κ2) is 5.62. The largest absolute Gasteiger partial charge is 0.303 e. The molecule has 0 amide bonds. The minimum absolute atomic E-state index is 0.0517. The predicted molar refractivity (Wildman–Crippen MR) is 83.2 cm³/mol. The zero-order valence-corrected chi connectivity index (χ0v) is 13.2. The van der Waals surface area contributed by atoms with E-state index >= 15 is 0 Å². The van der Waals surface area contributed by atoms with Crippen molar-refractivity contribution in [3.05, 3.63) is 45.4 Å². The molecule has 112 valence electrons. The molecule has 2 aromatic rings. The first kappa shape index (κ1) is 14.9. The number of halogens is 1. The van der Waals surface area contributed by atoms with Crippen molar-refractivity contribution >= 4 is 17.6 Å². The van der Waals surface area contributed by atoms with Gasteiger partial charge in [0.05, 0.1) is 0 Å². The predicted octanol–water partition coefficient (Wildman–Crippen LogP) is 3.33. The smallest absolute Gasteiger partial charge is 0.224 e. The quantitative estimate of drug-likeness (QED) is 0.599. The minimum atomic E-state index is -0.511. The molecule has 1 aliphatic rings. The molecule has 0 bridgehead atoms. The van der Waals surface area contributed by atoms with Crippen molar-refractivity contribution in [1.29, 1.82) is 0 Å². The second-order valence-corrected chi connectivity index (χ2v) is 7.10. The zero-order valence-electron chi connectivity index (χ0n) is 12.4. The summed E-state index contributed by atoms with van der Waals surface area (Å²) in [7, 11) is 0. The van der Waals surface area contributed by atoms with Crippen LogP contribution in [0.25, 0.3) is 0 Å². The molecule has 1 atom stereocenters. The fraction of sp³-hybridized carbons (Fsp3) is 0.353. The summed E-state index contributed by atoms with van der Waals surface area (Å²) in [6.45, 7) is 4.29. The molecular weight excluding hydrogens is 299 g/mol. The molecule has 3 rings (SSSR count). The Labute approximate surface area is 132 Å². The zero-order chi connectivity index (χ0) is 15.7. The van der Waals surface area contributed by atoms with Crippen molar-refractivity contribution in [1.82, 2.24) is 9.97 Å². The number of carbonyl (C=O) groups excluding carboxylic acids is 1. The molecular formula is C17H15FN2OS. The fourth-order valence-corrected chi connectivity index (χ4v) is 3.35. The van der Waals surface area contributed by atoms with Gasteiger partial charge in [0.25, 0.3) is 0 Å². The summed E-state index contributed by atoms with van der Waals surface area (Å²) >= 11 is 1.17. The van der Waals surface area contributed by atoms with Crippen LogP contribution in [0.15, 0.2) is 17.5 Å². The third-order valence-corrected chi connectivity index (χ3v) is 4.49. The molecule has 0 radical (unpaired) electrons. The number of aromatic nitrogens is 2. The lowest BCUT2D eigenvalue weighted by Gasteiger charge is -2.34. The maximum absolute atomic E-state index is 12.8. The van der Waals surface area contributed by atoms with E-state index in [-0.39, 0.29) is 11.3 Å². The van der Waals surface area contributed by atoms with Crippen LogP contribution in [0.1, 0.15) is 48.1 Å². The lowest BCUT2D eigenvalue weighted by Crippen LogP contribution is -2.27. The number of hydrogen-bond acceptors (Lipinski definition) is 4. The Kier molecular flexibility index (Phi) is 3.79. The van der Waals surface area contributed by atoms with E-state index in [1.807, 2.05) is 12.1 Å². The van der Waals surface area contributed by atoms with E-state index in [1.54, 1.807) is 0 Å². The maximum atomic E-state index is 12.8. The van der Waals surface area contributed by atoms with Crippen molar-refractivity contribution < 1.29 is 9.18 Å². The van der Waals surface area contributed by atoms with Crippen molar-refractivity contribution in [2.45, 2.75) is 32.6 Å². The standard InChI is InChI=1S/C17H15FN2OS/c1-17(2)7-11(9-21)13-5-3-12(19-14(13)8-17)4-6-16-20-15(18)10-22-16/h3,5,9-11H,7-8H2,1-2H3. The lowest BCUT2D eigenvalue weighted by molar-refractivity contribution is -0.109. The second-order valence-electron chi connectivity index (χ2n) is 6.25. The summed E-state index contributed by atoms with van der Waals surface area (Å²) < 4.78 is 12.8. The molecule has 2 aromatic heterocycles. The SMILES string of the molecule is CC1(C)Cc2nc(C#Cc3nc(F)cs3)ccc2C(C=O)C1. The summed E-state index contributed by atoms with van der Waals surface area (Å²) in [5.74, 6) is 5.13. The first-order valence-corrected chi connectivity index (χ1v) is 7.93. The highest BCUT2D eigenvalue weighted by Gasteiger charge is 2.32. The van der Waals surface area contributed by atoms with Gasteiger partial charge in [-0.25, -0.2) is 4.98 Å². The van der Waals surface area contributed by atoms with Gasteiger partial charge >= 0.3 is 0 Å². The Morgan fingerprint density at radius 2 is 2.18 bits per heavy atom. The average molecular weight is 314 g/mol. The van der Waals surface area contributed by atoms with Crippen LogP contribution in [0.3, 0.4) is 0 Å². The van der Waals surface area contributed by atoms with Crippen LogP contribution < -0.4 is 0 Å². The highest BCUT2D eigenvalue weighted by molar-refractivity contribution is 7.10. The number of carbonyl (C=O) groups is 1. The van der Waals surface area contributed by atoms with E-state index in [0.29, 0.717) is 10.7 Å². The molecule has 2 heterocycles. The Balaban J connectivity index is 1.94. The van der Waals surface area contributed by atoms with Crippen molar-refractivity contribution in [3.63, 3.8) is 0 Å². The van der Waals surface area contributed by atoms with E-state index in [2.05, 4.69) is 35.7 Å². The van der Waals surface area contributed by atoms with Crippen LogP contribution in [-0.4, -0.2) is 16.3 Å². The Morgan fingerprint density at radius 3 is 2.86 bits per heavy atom. The number of aldehydes is 1. The average Bonchev–Trinajstić information content (AvgIpc) is 2.88. The van der Waals surface area contributed by atoms with Gasteiger partial charge in [-0.15, -0.1) is 11.3 Å². The van der Waals surface area contributed by atoms with Gasteiger partial charge in [0.2, 0.25) is 5.95 Å².